The van der Waals surface area contributed by atoms with Gasteiger partial charge in [0, 0.05) is 6.20 Å². The first-order chi connectivity index (χ1) is 13.4. The van der Waals surface area contributed by atoms with Crippen LogP contribution < -0.4 is 0 Å². The molecule has 3 unspecified atom stereocenters. The molecule has 0 aromatic carbocycles. The van der Waals surface area contributed by atoms with Crippen molar-refractivity contribution in [3.05, 3.63) is 71.3 Å². The van der Waals surface area contributed by atoms with E-state index < -0.39 is 29.5 Å². The lowest BCUT2D eigenvalue weighted by Gasteiger charge is -2.42. The van der Waals surface area contributed by atoms with Crippen LogP contribution in [0.25, 0.3) is 5.57 Å². The fraction of sp³-hybridized carbons (Fsp3) is 0.409. The molecule has 3 N–H and O–H groups in total. The molecule has 1 heterocycles. The molecule has 156 valence electrons. The van der Waals surface area contributed by atoms with Gasteiger partial charge in [-0.3, -0.25) is 4.98 Å². The molecule has 0 aliphatic heterocycles. The molecule has 0 saturated heterocycles. The number of allylic oxidation sites excluding steroid dienone is 3. The van der Waals surface area contributed by atoms with E-state index in [-0.39, 0.29) is 22.8 Å². The van der Waals surface area contributed by atoms with Crippen molar-refractivity contribution in [1.82, 2.24) is 4.98 Å². The number of nitrogens with zero attached hydrogens (tertiary/aromatic N) is 1. The van der Waals surface area contributed by atoms with E-state index in [0.717, 1.165) is 17.8 Å². The van der Waals surface area contributed by atoms with Crippen LogP contribution in [-0.2, 0) is 6.18 Å². The number of hydrogen-bond donors (Lipinski definition) is 3. The van der Waals surface area contributed by atoms with E-state index in [1.54, 1.807) is 13.8 Å². The minimum absolute atomic E-state index is 0.135. The van der Waals surface area contributed by atoms with Crippen LogP contribution in [0.4, 0.5) is 13.2 Å². The summed E-state index contributed by atoms with van der Waals surface area (Å²) in [5.41, 5.74) is -1.14. The van der Waals surface area contributed by atoms with E-state index in [2.05, 4.69) is 11.6 Å². The van der Waals surface area contributed by atoms with Crippen LogP contribution in [0.3, 0.4) is 0 Å². The van der Waals surface area contributed by atoms with Crippen LogP contribution in [0.15, 0.2) is 60.0 Å². The Morgan fingerprint density at radius 2 is 2.00 bits per heavy atom. The minimum atomic E-state index is -4.60. The summed E-state index contributed by atoms with van der Waals surface area (Å²) in [6.45, 7) is 7.26. The first kappa shape index (κ1) is 21.3. The molecule has 1 aromatic heterocycles. The molecule has 29 heavy (non-hydrogen) atoms. The third-order valence-electron chi connectivity index (χ3n) is 5.74. The molecule has 2 aliphatic rings. The van der Waals surface area contributed by atoms with Crippen LogP contribution in [0.2, 0.25) is 0 Å². The van der Waals surface area contributed by atoms with Crippen molar-refractivity contribution in [2.75, 3.05) is 0 Å². The largest absolute Gasteiger partial charge is 0.512 e. The average molecular weight is 407 g/mol. The highest BCUT2D eigenvalue weighted by Gasteiger charge is 2.46. The van der Waals surface area contributed by atoms with Crippen molar-refractivity contribution in [3.8, 4) is 0 Å². The topological polar surface area (TPSA) is 73.6 Å². The van der Waals surface area contributed by atoms with Gasteiger partial charge in [-0.2, -0.15) is 13.2 Å². The predicted molar refractivity (Wildman–Crippen MR) is 104 cm³/mol. The molecule has 2 aliphatic carbocycles. The first-order valence-electron chi connectivity index (χ1n) is 9.35. The molecule has 0 amide bonds. The molecule has 4 atom stereocenters. The maximum absolute atomic E-state index is 13.0. The van der Waals surface area contributed by atoms with Gasteiger partial charge in [0.1, 0.15) is 17.1 Å². The molecular formula is C22H24F3NO3. The van der Waals surface area contributed by atoms with Gasteiger partial charge in [0.2, 0.25) is 0 Å². The summed E-state index contributed by atoms with van der Waals surface area (Å²) in [7, 11) is 0. The van der Waals surface area contributed by atoms with Gasteiger partial charge in [-0.25, -0.2) is 0 Å². The zero-order valence-corrected chi connectivity index (χ0v) is 16.2. The van der Waals surface area contributed by atoms with Crippen LogP contribution in [-0.4, -0.2) is 32.0 Å². The number of aliphatic hydroxyl groups is 3. The number of hydrogen-bond acceptors (Lipinski definition) is 4. The maximum Gasteiger partial charge on any atom is 0.433 e. The highest BCUT2D eigenvalue weighted by atomic mass is 19.4. The molecule has 0 fully saturated rings. The molecule has 7 heteroatoms. The van der Waals surface area contributed by atoms with Gasteiger partial charge in [-0.1, -0.05) is 12.7 Å². The van der Waals surface area contributed by atoms with Crippen LogP contribution in [0.5, 0.6) is 0 Å². The van der Waals surface area contributed by atoms with Crippen molar-refractivity contribution < 1.29 is 28.5 Å². The van der Waals surface area contributed by atoms with Gasteiger partial charge < -0.3 is 15.3 Å². The Morgan fingerprint density at radius 1 is 1.31 bits per heavy atom. The Bertz CT molecular complexity index is 916. The molecule has 0 saturated carbocycles. The van der Waals surface area contributed by atoms with E-state index in [0.29, 0.717) is 18.4 Å². The number of pyridine rings is 1. The summed E-state index contributed by atoms with van der Waals surface area (Å²) < 4.78 is 39.1. The molecule has 4 nitrogen and oxygen atoms in total. The molecule has 0 bridgehead atoms. The Hall–Kier alpha value is -2.38. The van der Waals surface area contributed by atoms with E-state index >= 15 is 0 Å². The number of halogens is 3. The van der Waals surface area contributed by atoms with Gasteiger partial charge >= 0.3 is 6.18 Å². The van der Waals surface area contributed by atoms with Crippen LogP contribution >= 0.6 is 0 Å². The van der Waals surface area contributed by atoms with Gasteiger partial charge in [-0.15, -0.1) is 0 Å². The zero-order valence-electron chi connectivity index (χ0n) is 16.2. The second-order valence-corrected chi connectivity index (χ2v) is 7.85. The lowest BCUT2D eigenvalue weighted by atomic mass is 9.66. The van der Waals surface area contributed by atoms with E-state index in [1.807, 2.05) is 6.08 Å². The van der Waals surface area contributed by atoms with E-state index in [4.69, 9.17) is 0 Å². The second-order valence-electron chi connectivity index (χ2n) is 7.85. The second kappa shape index (κ2) is 7.46. The molecule has 0 spiro atoms. The normalized spacial score (nSPS) is 30.3. The molecule has 0 radical (unpaired) electrons. The SMILES string of the molecule is C=C(C)C1(O)C=C(c2ccnc(C(F)(F)F)c2)C=C(O)[C@@H]1C1C=C(C)C(O)CC1. The third kappa shape index (κ3) is 4.02. The third-order valence-corrected chi connectivity index (χ3v) is 5.74. The van der Waals surface area contributed by atoms with Gasteiger partial charge in [0.15, 0.2) is 0 Å². The van der Waals surface area contributed by atoms with Crippen molar-refractivity contribution in [3.63, 3.8) is 0 Å². The van der Waals surface area contributed by atoms with E-state index in [1.165, 1.54) is 18.2 Å². The van der Waals surface area contributed by atoms with Gasteiger partial charge in [0.25, 0.3) is 0 Å². The number of aliphatic hydroxyl groups excluding tert-OH is 2. The van der Waals surface area contributed by atoms with Gasteiger partial charge in [-0.05, 0) is 79.2 Å². The lowest BCUT2D eigenvalue weighted by molar-refractivity contribution is -0.141. The summed E-state index contributed by atoms with van der Waals surface area (Å²) >= 11 is 0. The fourth-order valence-electron chi connectivity index (χ4n) is 4.08. The predicted octanol–water partition coefficient (Wildman–Crippen LogP) is 4.58. The van der Waals surface area contributed by atoms with Gasteiger partial charge in [0.05, 0.1) is 12.0 Å². The highest BCUT2D eigenvalue weighted by molar-refractivity contribution is 5.77. The maximum atomic E-state index is 13.0. The first-order valence-corrected chi connectivity index (χ1v) is 9.35. The molecule has 3 rings (SSSR count). The Kier molecular flexibility index (Phi) is 5.49. The summed E-state index contributed by atoms with van der Waals surface area (Å²) in [5.74, 6) is -1.13. The number of aromatic nitrogens is 1. The summed E-state index contributed by atoms with van der Waals surface area (Å²) in [6.07, 6.45) is 1.60. The highest BCUT2D eigenvalue weighted by Crippen LogP contribution is 2.46. The van der Waals surface area contributed by atoms with E-state index in [9.17, 15) is 28.5 Å². The van der Waals surface area contributed by atoms with Crippen molar-refractivity contribution in [1.29, 1.82) is 0 Å². The minimum Gasteiger partial charge on any atom is -0.512 e. The standard InChI is InChI=1S/C22H24F3NO3/c1-12(2)21(29)11-16(14-6-7-26-19(10-14)22(23,24)25)9-18(28)20(21)15-4-5-17(27)13(3)8-15/h6-11,15,17,20,27-29H,1,4-5H2,2-3H3/t15?,17?,20-,21?/m0/s1. The van der Waals surface area contributed by atoms with Crippen LogP contribution in [0.1, 0.15) is 37.9 Å². The average Bonchev–Trinajstić information content (AvgIpc) is 2.63. The summed E-state index contributed by atoms with van der Waals surface area (Å²) in [4.78, 5) is 3.35. The summed E-state index contributed by atoms with van der Waals surface area (Å²) in [5, 5.41) is 32.2. The fourth-order valence-corrected chi connectivity index (χ4v) is 4.08. The smallest absolute Gasteiger partial charge is 0.433 e. The quantitative estimate of drug-likeness (QED) is 0.642. The van der Waals surface area contributed by atoms with Crippen LogP contribution in [0, 0.1) is 11.8 Å². The number of rotatable bonds is 3. The number of alkyl halides is 3. The monoisotopic (exact) mass is 407 g/mol. The van der Waals surface area contributed by atoms with Crippen molar-refractivity contribution in [2.45, 2.75) is 44.6 Å². The van der Waals surface area contributed by atoms with Crippen molar-refractivity contribution >= 4 is 5.57 Å². The summed E-state index contributed by atoms with van der Waals surface area (Å²) in [6, 6.07) is 2.28. The Labute approximate surface area is 167 Å². The Balaban J connectivity index is 2.06. The zero-order chi connectivity index (χ0) is 21.6. The van der Waals surface area contributed by atoms with Crippen molar-refractivity contribution in [2.24, 2.45) is 11.8 Å². The lowest BCUT2D eigenvalue weighted by Crippen LogP contribution is -2.44. The molecule has 1 aromatic rings. The molecular weight excluding hydrogens is 383 g/mol. The Morgan fingerprint density at radius 3 is 2.59 bits per heavy atom.